The predicted molar refractivity (Wildman–Crippen MR) is 87.6 cm³/mol. The molecule has 0 bridgehead atoms. The number of para-hydroxylation sites is 1. The van der Waals surface area contributed by atoms with E-state index in [9.17, 15) is 10.1 Å². The first-order chi connectivity index (χ1) is 11.7. The van der Waals surface area contributed by atoms with Gasteiger partial charge in [0.15, 0.2) is 5.78 Å². The first-order valence-electron chi connectivity index (χ1n) is 7.88. The summed E-state index contributed by atoms with van der Waals surface area (Å²) in [5, 5.41) is 17.0. The molecule has 0 saturated heterocycles. The van der Waals surface area contributed by atoms with E-state index >= 15 is 0 Å². The quantitative estimate of drug-likeness (QED) is 0.920. The lowest BCUT2D eigenvalue weighted by Gasteiger charge is -2.33. The minimum atomic E-state index is -0.373. The highest BCUT2D eigenvalue weighted by atomic mass is 16.5. The molecule has 0 saturated carbocycles. The molecule has 1 aliphatic heterocycles. The molecule has 1 aliphatic carbocycles. The molecule has 2 aliphatic rings. The van der Waals surface area contributed by atoms with Gasteiger partial charge in [0.1, 0.15) is 29.2 Å². The Labute approximate surface area is 139 Å². The molecule has 120 valence electrons. The number of carbonyl (C=O) groups is 1. The van der Waals surface area contributed by atoms with E-state index in [1.54, 1.807) is 11.8 Å². The number of fused-ring (bicyclic) bond motifs is 1. The number of nitrogens with zero attached hydrogens (tertiary/aromatic N) is 3. The Bertz CT molecular complexity index is 904. The maximum atomic E-state index is 12.7. The molecule has 0 unspecified atom stereocenters. The van der Waals surface area contributed by atoms with Crippen molar-refractivity contribution in [3.63, 3.8) is 0 Å². The molecule has 4 rings (SSSR count). The van der Waals surface area contributed by atoms with Crippen LogP contribution in [-0.4, -0.2) is 22.7 Å². The van der Waals surface area contributed by atoms with Gasteiger partial charge in [-0.05, 0) is 18.9 Å². The van der Waals surface area contributed by atoms with Crippen molar-refractivity contribution in [3.05, 3.63) is 52.9 Å². The van der Waals surface area contributed by atoms with Crippen molar-refractivity contribution in [2.45, 2.75) is 25.3 Å². The highest BCUT2D eigenvalue weighted by molar-refractivity contribution is 5.99. The smallest absolute Gasteiger partial charge is 0.163 e. The number of allylic oxidation sites excluding steroid dienone is 2. The molecule has 0 fully saturated rings. The van der Waals surface area contributed by atoms with Crippen molar-refractivity contribution in [1.82, 2.24) is 9.78 Å². The van der Waals surface area contributed by atoms with E-state index in [1.807, 2.05) is 24.3 Å². The molecule has 0 spiro atoms. The van der Waals surface area contributed by atoms with Crippen LogP contribution in [-0.2, 0) is 4.79 Å². The summed E-state index contributed by atoms with van der Waals surface area (Å²) in [7, 11) is 1.61. The second-order valence-corrected chi connectivity index (χ2v) is 5.90. The van der Waals surface area contributed by atoms with Gasteiger partial charge in [-0.25, -0.2) is 4.68 Å². The molecule has 6 heteroatoms. The summed E-state index contributed by atoms with van der Waals surface area (Å²) in [5.41, 5.74) is 2.97. The minimum absolute atomic E-state index is 0.124. The van der Waals surface area contributed by atoms with Crippen LogP contribution in [0.25, 0.3) is 0 Å². The van der Waals surface area contributed by atoms with E-state index in [0.29, 0.717) is 23.6 Å². The lowest BCUT2D eigenvalue weighted by molar-refractivity contribution is -0.116. The number of anilines is 1. The molecule has 1 aromatic heterocycles. The molecule has 2 aromatic rings. The maximum absolute atomic E-state index is 12.7. The summed E-state index contributed by atoms with van der Waals surface area (Å²) in [6, 6.07) is 9.42. The molecule has 0 amide bonds. The maximum Gasteiger partial charge on any atom is 0.163 e. The number of carbonyl (C=O) groups excluding carboxylic acids is 1. The van der Waals surface area contributed by atoms with E-state index in [-0.39, 0.29) is 11.8 Å². The Hall–Kier alpha value is -3.07. The zero-order chi connectivity index (χ0) is 16.7. The van der Waals surface area contributed by atoms with Gasteiger partial charge < -0.3 is 10.1 Å². The van der Waals surface area contributed by atoms with Crippen LogP contribution in [0.1, 0.15) is 36.4 Å². The second kappa shape index (κ2) is 5.53. The number of hydrogen-bond acceptors (Lipinski definition) is 5. The number of ketones is 1. The average Bonchev–Trinajstić information content (AvgIpc) is 3.03. The summed E-state index contributed by atoms with van der Waals surface area (Å²) < 4.78 is 7.22. The van der Waals surface area contributed by atoms with Gasteiger partial charge in [-0.1, -0.05) is 18.2 Å². The zero-order valence-corrected chi connectivity index (χ0v) is 13.2. The van der Waals surface area contributed by atoms with Crippen LogP contribution in [0, 0.1) is 11.3 Å². The molecule has 1 N–H and O–H groups in total. The minimum Gasteiger partial charge on any atom is -0.496 e. The van der Waals surface area contributed by atoms with Crippen molar-refractivity contribution in [2.75, 3.05) is 12.4 Å². The van der Waals surface area contributed by atoms with E-state index in [1.165, 1.54) is 6.20 Å². The molecule has 24 heavy (non-hydrogen) atoms. The number of ether oxygens (including phenoxy) is 1. The van der Waals surface area contributed by atoms with Crippen LogP contribution in [0.2, 0.25) is 0 Å². The third-order valence-corrected chi connectivity index (χ3v) is 4.59. The molecular weight excluding hydrogens is 304 g/mol. The van der Waals surface area contributed by atoms with Gasteiger partial charge in [0, 0.05) is 23.3 Å². The van der Waals surface area contributed by atoms with Crippen LogP contribution < -0.4 is 10.1 Å². The monoisotopic (exact) mass is 320 g/mol. The Morgan fingerprint density at radius 3 is 3.00 bits per heavy atom. The number of benzene rings is 1. The van der Waals surface area contributed by atoms with Crippen molar-refractivity contribution in [2.24, 2.45) is 0 Å². The van der Waals surface area contributed by atoms with Gasteiger partial charge in [0.2, 0.25) is 0 Å². The third-order valence-electron chi connectivity index (χ3n) is 4.59. The van der Waals surface area contributed by atoms with Gasteiger partial charge in [-0.3, -0.25) is 4.79 Å². The number of nitriles is 1. The number of Topliss-reactive ketones (excluding diaryl/α,β-unsaturated/α-hetero) is 1. The molecule has 0 radical (unpaired) electrons. The Balaban J connectivity index is 1.98. The predicted octanol–water partition coefficient (Wildman–Crippen LogP) is 2.79. The molecular formula is C18H16N4O2. The number of aromatic nitrogens is 2. The molecule has 1 aromatic carbocycles. The van der Waals surface area contributed by atoms with E-state index in [0.717, 1.165) is 29.7 Å². The van der Waals surface area contributed by atoms with Crippen LogP contribution in [0.4, 0.5) is 5.82 Å². The molecule has 6 nitrogen and oxygen atoms in total. The van der Waals surface area contributed by atoms with E-state index < -0.39 is 0 Å². The van der Waals surface area contributed by atoms with Gasteiger partial charge in [0.05, 0.1) is 13.3 Å². The lowest BCUT2D eigenvalue weighted by atomic mass is 9.85. The second-order valence-electron chi connectivity index (χ2n) is 5.90. The third kappa shape index (κ3) is 2.02. The standard InChI is InChI=1S/C18H16N4O2/c1-24-15-8-3-2-5-12(15)17-16-13(6-4-7-14(16)23)21-18-11(9-19)10-20-22(17)18/h2-3,5,8,10,17,21H,4,6-7H2,1H3/t17-/m0/s1. The Morgan fingerprint density at radius 2 is 2.21 bits per heavy atom. The van der Waals surface area contributed by atoms with Crippen molar-refractivity contribution < 1.29 is 9.53 Å². The van der Waals surface area contributed by atoms with Crippen molar-refractivity contribution in [3.8, 4) is 11.8 Å². The zero-order valence-electron chi connectivity index (χ0n) is 13.2. The Morgan fingerprint density at radius 1 is 1.38 bits per heavy atom. The van der Waals surface area contributed by atoms with Crippen LogP contribution >= 0.6 is 0 Å². The fraction of sp³-hybridized carbons (Fsp3) is 0.278. The van der Waals surface area contributed by atoms with Crippen LogP contribution in [0.3, 0.4) is 0 Å². The topological polar surface area (TPSA) is 79.9 Å². The van der Waals surface area contributed by atoms with Crippen molar-refractivity contribution >= 4 is 11.6 Å². The summed E-state index contributed by atoms with van der Waals surface area (Å²) in [6.07, 6.45) is 3.68. The lowest BCUT2D eigenvalue weighted by Crippen LogP contribution is -2.31. The first-order valence-corrected chi connectivity index (χ1v) is 7.88. The van der Waals surface area contributed by atoms with Gasteiger partial charge in [-0.2, -0.15) is 10.4 Å². The highest BCUT2D eigenvalue weighted by Gasteiger charge is 2.37. The number of nitrogens with one attached hydrogen (secondary N) is 1. The average molecular weight is 320 g/mol. The Kier molecular flexibility index (Phi) is 3.35. The summed E-state index contributed by atoms with van der Waals surface area (Å²) in [6.45, 7) is 0. The van der Waals surface area contributed by atoms with Crippen LogP contribution in [0.5, 0.6) is 5.75 Å². The van der Waals surface area contributed by atoms with Gasteiger partial charge >= 0.3 is 0 Å². The van der Waals surface area contributed by atoms with E-state index in [4.69, 9.17) is 4.74 Å². The summed E-state index contributed by atoms with van der Waals surface area (Å²) in [4.78, 5) is 12.7. The number of methoxy groups -OCH3 is 1. The van der Waals surface area contributed by atoms with Crippen LogP contribution in [0.15, 0.2) is 41.7 Å². The van der Waals surface area contributed by atoms with Gasteiger partial charge in [0.25, 0.3) is 0 Å². The number of rotatable bonds is 2. The largest absolute Gasteiger partial charge is 0.496 e. The first kappa shape index (κ1) is 14.5. The molecule has 1 atom stereocenters. The fourth-order valence-corrected chi connectivity index (χ4v) is 3.52. The van der Waals surface area contributed by atoms with Gasteiger partial charge in [-0.15, -0.1) is 0 Å². The summed E-state index contributed by atoms with van der Waals surface area (Å²) in [5.74, 6) is 1.47. The fourth-order valence-electron chi connectivity index (χ4n) is 3.52. The molecule has 2 heterocycles. The van der Waals surface area contributed by atoms with E-state index in [2.05, 4.69) is 16.5 Å². The summed E-state index contributed by atoms with van der Waals surface area (Å²) >= 11 is 0. The normalized spacial score (nSPS) is 19.2. The number of hydrogen-bond donors (Lipinski definition) is 1. The highest BCUT2D eigenvalue weighted by Crippen LogP contribution is 2.43. The SMILES string of the molecule is COc1ccccc1[C@H]1C2=C(CCCC2=O)Nc2c(C#N)cnn21. The van der Waals surface area contributed by atoms with Crippen molar-refractivity contribution in [1.29, 1.82) is 5.26 Å².